The average Bonchev–Trinajstić information content (AvgIpc) is 2.69. The Kier molecular flexibility index (Phi) is 5.54. The Morgan fingerprint density at radius 3 is 2.23 bits per heavy atom. The summed E-state index contributed by atoms with van der Waals surface area (Å²) in [5.41, 5.74) is 3.73. The molecule has 2 N–H and O–H groups in total. The molecule has 0 radical (unpaired) electrons. The van der Waals surface area contributed by atoms with Crippen LogP contribution in [0.4, 0.5) is 11.4 Å². The van der Waals surface area contributed by atoms with Gasteiger partial charge in [-0.05, 0) is 42.8 Å². The molecular weight excluding hydrogens is 324 g/mol. The lowest BCUT2D eigenvalue weighted by Crippen LogP contribution is -2.32. The number of benzene rings is 3. The number of carbonyl (C=O) groups is 1. The van der Waals surface area contributed by atoms with Crippen LogP contribution in [0.25, 0.3) is 11.1 Å². The average molecular weight is 346 g/mol. The van der Waals surface area contributed by atoms with E-state index >= 15 is 0 Å². The Balaban J connectivity index is 1.71. The minimum Gasteiger partial charge on any atom is -0.497 e. The molecule has 1 unspecified atom stereocenters. The SMILES string of the molecule is COc1ccc(NC(C)C(=O)Nc2ccccc2-c2ccccc2)cc1. The summed E-state index contributed by atoms with van der Waals surface area (Å²) < 4.78 is 5.15. The zero-order valence-corrected chi connectivity index (χ0v) is 14.9. The second-order valence-electron chi connectivity index (χ2n) is 6.00. The van der Waals surface area contributed by atoms with Gasteiger partial charge in [0.2, 0.25) is 5.91 Å². The number of ether oxygens (including phenoxy) is 1. The van der Waals surface area contributed by atoms with Gasteiger partial charge in [-0.15, -0.1) is 0 Å². The van der Waals surface area contributed by atoms with Crippen molar-refractivity contribution in [3.63, 3.8) is 0 Å². The molecule has 1 atom stereocenters. The number of para-hydroxylation sites is 1. The van der Waals surface area contributed by atoms with Gasteiger partial charge in [-0.1, -0.05) is 48.5 Å². The standard InChI is InChI=1S/C22H22N2O2/c1-16(23-18-12-14-19(26-2)15-13-18)22(25)24-21-11-7-6-10-20(21)17-8-4-3-5-9-17/h3-16,23H,1-2H3,(H,24,25). The third-order valence-electron chi connectivity index (χ3n) is 4.14. The fourth-order valence-electron chi connectivity index (χ4n) is 2.71. The number of anilines is 2. The van der Waals surface area contributed by atoms with Crippen molar-refractivity contribution in [1.82, 2.24) is 0 Å². The van der Waals surface area contributed by atoms with Crippen molar-refractivity contribution in [2.45, 2.75) is 13.0 Å². The maximum Gasteiger partial charge on any atom is 0.246 e. The lowest BCUT2D eigenvalue weighted by Gasteiger charge is -2.17. The Morgan fingerprint density at radius 2 is 1.54 bits per heavy atom. The molecule has 0 aliphatic rings. The van der Waals surface area contributed by atoms with E-state index in [9.17, 15) is 4.79 Å². The maximum absolute atomic E-state index is 12.6. The quantitative estimate of drug-likeness (QED) is 0.674. The number of nitrogens with one attached hydrogen (secondary N) is 2. The van der Waals surface area contributed by atoms with Crippen molar-refractivity contribution >= 4 is 17.3 Å². The maximum atomic E-state index is 12.6. The zero-order valence-electron chi connectivity index (χ0n) is 14.9. The second kappa shape index (κ2) is 8.21. The monoisotopic (exact) mass is 346 g/mol. The molecule has 3 rings (SSSR count). The smallest absolute Gasteiger partial charge is 0.246 e. The van der Waals surface area contributed by atoms with E-state index in [1.54, 1.807) is 7.11 Å². The highest BCUT2D eigenvalue weighted by molar-refractivity contribution is 5.99. The van der Waals surface area contributed by atoms with Gasteiger partial charge in [-0.2, -0.15) is 0 Å². The molecule has 1 amide bonds. The lowest BCUT2D eigenvalue weighted by atomic mass is 10.0. The van der Waals surface area contributed by atoms with Gasteiger partial charge in [-0.25, -0.2) is 0 Å². The van der Waals surface area contributed by atoms with E-state index in [1.165, 1.54) is 0 Å². The molecule has 0 saturated heterocycles. The normalized spacial score (nSPS) is 11.5. The van der Waals surface area contributed by atoms with Crippen LogP contribution in [0.5, 0.6) is 5.75 Å². The molecule has 0 bridgehead atoms. The van der Waals surface area contributed by atoms with Crippen LogP contribution in [0.2, 0.25) is 0 Å². The van der Waals surface area contributed by atoms with E-state index in [4.69, 9.17) is 4.74 Å². The molecule has 0 aromatic heterocycles. The van der Waals surface area contributed by atoms with Crippen LogP contribution in [-0.2, 0) is 4.79 Å². The van der Waals surface area contributed by atoms with Crippen molar-refractivity contribution in [3.05, 3.63) is 78.9 Å². The molecule has 0 spiro atoms. The third-order valence-corrected chi connectivity index (χ3v) is 4.14. The molecule has 4 heteroatoms. The van der Waals surface area contributed by atoms with Crippen molar-refractivity contribution in [2.75, 3.05) is 17.7 Å². The number of rotatable bonds is 6. The van der Waals surface area contributed by atoms with Gasteiger partial charge in [0.25, 0.3) is 0 Å². The summed E-state index contributed by atoms with van der Waals surface area (Å²) in [6, 6.07) is 24.9. The summed E-state index contributed by atoms with van der Waals surface area (Å²) >= 11 is 0. The van der Waals surface area contributed by atoms with Crippen LogP contribution in [0.3, 0.4) is 0 Å². The van der Waals surface area contributed by atoms with Crippen molar-refractivity contribution < 1.29 is 9.53 Å². The van der Waals surface area contributed by atoms with Gasteiger partial charge in [0, 0.05) is 16.9 Å². The van der Waals surface area contributed by atoms with Crippen LogP contribution < -0.4 is 15.4 Å². The first-order valence-electron chi connectivity index (χ1n) is 8.53. The molecule has 0 aliphatic heterocycles. The molecule has 0 heterocycles. The number of hydrogen-bond donors (Lipinski definition) is 2. The van der Waals surface area contributed by atoms with Crippen molar-refractivity contribution in [3.8, 4) is 16.9 Å². The predicted molar refractivity (Wildman–Crippen MR) is 107 cm³/mol. The molecule has 26 heavy (non-hydrogen) atoms. The van der Waals surface area contributed by atoms with E-state index in [-0.39, 0.29) is 11.9 Å². The first-order chi connectivity index (χ1) is 12.7. The molecule has 0 fully saturated rings. The Morgan fingerprint density at radius 1 is 0.885 bits per heavy atom. The van der Waals surface area contributed by atoms with Crippen molar-refractivity contribution in [1.29, 1.82) is 0 Å². The first kappa shape index (κ1) is 17.5. The first-order valence-corrected chi connectivity index (χ1v) is 8.53. The van der Waals surface area contributed by atoms with E-state index in [0.29, 0.717) is 0 Å². The largest absolute Gasteiger partial charge is 0.497 e. The fourth-order valence-corrected chi connectivity index (χ4v) is 2.71. The summed E-state index contributed by atoms with van der Waals surface area (Å²) in [4.78, 5) is 12.6. The Hall–Kier alpha value is -3.27. The second-order valence-corrected chi connectivity index (χ2v) is 6.00. The predicted octanol–water partition coefficient (Wildman–Crippen LogP) is 4.80. The number of amides is 1. The fraction of sp³-hybridized carbons (Fsp3) is 0.136. The summed E-state index contributed by atoms with van der Waals surface area (Å²) in [6.07, 6.45) is 0. The highest BCUT2D eigenvalue weighted by Crippen LogP contribution is 2.27. The van der Waals surface area contributed by atoms with Crippen LogP contribution >= 0.6 is 0 Å². The summed E-state index contributed by atoms with van der Waals surface area (Å²) in [5, 5.41) is 6.23. The van der Waals surface area contributed by atoms with E-state index in [0.717, 1.165) is 28.3 Å². The number of methoxy groups -OCH3 is 1. The highest BCUT2D eigenvalue weighted by Gasteiger charge is 2.15. The van der Waals surface area contributed by atoms with E-state index < -0.39 is 0 Å². The van der Waals surface area contributed by atoms with Crippen LogP contribution in [-0.4, -0.2) is 19.1 Å². The van der Waals surface area contributed by atoms with Gasteiger partial charge >= 0.3 is 0 Å². The van der Waals surface area contributed by atoms with Crippen LogP contribution in [0, 0.1) is 0 Å². The van der Waals surface area contributed by atoms with E-state index in [2.05, 4.69) is 10.6 Å². The summed E-state index contributed by atoms with van der Waals surface area (Å²) in [7, 11) is 1.63. The summed E-state index contributed by atoms with van der Waals surface area (Å²) in [6.45, 7) is 1.84. The van der Waals surface area contributed by atoms with Gasteiger partial charge < -0.3 is 15.4 Å². The van der Waals surface area contributed by atoms with Gasteiger partial charge in [0.1, 0.15) is 11.8 Å². The van der Waals surface area contributed by atoms with Gasteiger partial charge in [0.15, 0.2) is 0 Å². The van der Waals surface area contributed by atoms with Gasteiger partial charge in [0.05, 0.1) is 7.11 Å². The molecule has 4 nitrogen and oxygen atoms in total. The molecule has 0 aliphatic carbocycles. The topological polar surface area (TPSA) is 50.4 Å². The Labute approximate surface area is 153 Å². The van der Waals surface area contributed by atoms with Crippen LogP contribution in [0.15, 0.2) is 78.9 Å². The minimum absolute atomic E-state index is 0.0933. The zero-order chi connectivity index (χ0) is 18.4. The Bertz CT molecular complexity index is 861. The minimum atomic E-state index is -0.382. The number of carbonyl (C=O) groups excluding carboxylic acids is 1. The van der Waals surface area contributed by atoms with Crippen LogP contribution in [0.1, 0.15) is 6.92 Å². The third kappa shape index (κ3) is 4.22. The molecule has 3 aromatic carbocycles. The molecule has 132 valence electrons. The molecule has 0 saturated carbocycles. The van der Waals surface area contributed by atoms with Crippen molar-refractivity contribution in [2.24, 2.45) is 0 Å². The lowest BCUT2D eigenvalue weighted by molar-refractivity contribution is -0.116. The molecule has 3 aromatic rings. The van der Waals surface area contributed by atoms with E-state index in [1.807, 2.05) is 85.8 Å². The highest BCUT2D eigenvalue weighted by atomic mass is 16.5. The van der Waals surface area contributed by atoms with Gasteiger partial charge in [-0.3, -0.25) is 4.79 Å². The number of hydrogen-bond acceptors (Lipinski definition) is 3. The molecular formula is C22H22N2O2. The summed E-state index contributed by atoms with van der Waals surface area (Å²) in [5.74, 6) is 0.689.